The quantitative estimate of drug-likeness (QED) is 0.593. The molecule has 3 aromatic rings. The molecule has 0 aliphatic carbocycles. The van der Waals surface area contributed by atoms with Gasteiger partial charge in [0.05, 0.1) is 11.4 Å². The van der Waals surface area contributed by atoms with E-state index in [1.54, 1.807) is 0 Å². The van der Waals surface area contributed by atoms with E-state index in [0.717, 1.165) is 12.2 Å². The minimum atomic E-state index is 0.174. The first kappa shape index (κ1) is 16.5. The van der Waals surface area contributed by atoms with Crippen molar-refractivity contribution in [1.29, 1.82) is 0 Å². The van der Waals surface area contributed by atoms with Gasteiger partial charge in [0, 0.05) is 23.2 Å². The number of nitrogens with zero attached hydrogens (tertiary/aromatic N) is 2. The molecular weight excluding hydrogens is 292 g/mol. The number of hydrogen-bond acceptors (Lipinski definition) is 1. The van der Waals surface area contributed by atoms with Crippen molar-refractivity contribution in [2.75, 3.05) is 0 Å². The molecule has 1 aromatic heterocycles. The molecule has 0 amide bonds. The monoisotopic (exact) mass is 318 g/mol. The number of benzene rings is 2. The Hall–Kier alpha value is -2.35. The minimum absolute atomic E-state index is 0.174. The summed E-state index contributed by atoms with van der Waals surface area (Å²) in [6, 6.07) is 19.4. The standard InChI is InChI=1S/C22H26N2/c1-6-24-21(18-12-14-19(15-13-18)22(3,4)5)16(2)20(23-24)17-10-8-7-9-11-17/h7-15H,6H2,1-5H3. The molecule has 0 bridgehead atoms. The van der Waals surface area contributed by atoms with Crippen LogP contribution in [0.5, 0.6) is 0 Å². The Morgan fingerprint density at radius 2 is 1.50 bits per heavy atom. The molecule has 0 saturated heterocycles. The Kier molecular flexibility index (Phi) is 4.31. The summed E-state index contributed by atoms with van der Waals surface area (Å²) in [5.41, 5.74) is 7.48. The van der Waals surface area contributed by atoms with Crippen LogP contribution < -0.4 is 0 Å². The first-order valence-electron chi connectivity index (χ1n) is 8.65. The highest BCUT2D eigenvalue weighted by atomic mass is 15.3. The van der Waals surface area contributed by atoms with Gasteiger partial charge in [0.15, 0.2) is 0 Å². The molecule has 124 valence electrons. The lowest BCUT2D eigenvalue weighted by Crippen LogP contribution is -2.10. The van der Waals surface area contributed by atoms with E-state index in [2.05, 4.69) is 87.8 Å². The van der Waals surface area contributed by atoms with Crippen molar-refractivity contribution in [1.82, 2.24) is 9.78 Å². The number of aromatic nitrogens is 2. The van der Waals surface area contributed by atoms with Crippen LogP contribution in [0.3, 0.4) is 0 Å². The van der Waals surface area contributed by atoms with Crippen molar-refractivity contribution in [3.8, 4) is 22.5 Å². The highest BCUT2D eigenvalue weighted by molar-refractivity contribution is 5.74. The maximum Gasteiger partial charge on any atom is 0.0958 e. The molecule has 0 N–H and O–H groups in total. The van der Waals surface area contributed by atoms with E-state index in [0.29, 0.717) is 0 Å². The zero-order valence-electron chi connectivity index (χ0n) is 15.3. The molecule has 3 rings (SSSR count). The first-order chi connectivity index (χ1) is 11.4. The van der Waals surface area contributed by atoms with E-state index < -0.39 is 0 Å². The normalized spacial score (nSPS) is 11.7. The summed E-state index contributed by atoms with van der Waals surface area (Å²) in [5.74, 6) is 0. The molecule has 2 aromatic carbocycles. The summed E-state index contributed by atoms with van der Waals surface area (Å²) in [7, 11) is 0. The topological polar surface area (TPSA) is 17.8 Å². The molecule has 0 unspecified atom stereocenters. The van der Waals surface area contributed by atoms with Gasteiger partial charge in [0.1, 0.15) is 0 Å². The molecule has 0 fully saturated rings. The van der Waals surface area contributed by atoms with Gasteiger partial charge in [0.2, 0.25) is 0 Å². The van der Waals surface area contributed by atoms with Crippen molar-refractivity contribution < 1.29 is 0 Å². The van der Waals surface area contributed by atoms with Gasteiger partial charge in [-0.2, -0.15) is 5.10 Å². The fourth-order valence-electron chi connectivity index (χ4n) is 3.14. The molecule has 2 heteroatoms. The third kappa shape index (κ3) is 3.01. The van der Waals surface area contributed by atoms with Crippen molar-refractivity contribution >= 4 is 0 Å². The number of rotatable bonds is 3. The second-order valence-corrected chi connectivity index (χ2v) is 7.33. The van der Waals surface area contributed by atoms with Crippen LogP contribution in [-0.2, 0) is 12.0 Å². The largest absolute Gasteiger partial charge is 0.264 e. The first-order valence-corrected chi connectivity index (χ1v) is 8.65. The van der Waals surface area contributed by atoms with Crippen LogP contribution in [0.2, 0.25) is 0 Å². The van der Waals surface area contributed by atoms with Gasteiger partial charge in [0.25, 0.3) is 0 Å². The van der Waals surface area contributed by atoms with Crippen LogP contribution in [0.1, 0.15) is 38.8 Å². The van der Waals surface area contributed by atoms with Gasteiger partial charge in [-0.15, -0.1) is 0 Å². The van der Waals surface area contributed by atoms with Crippen molar-refractivity contribution in [3.63, 3.8) is 0 Å². The molecule has 24 heavy (non-hydrogen) atoms. The Bertz CT molecular complexity index is 819. The van der Waals surface area contributed by atoms with Crippen LogP contribution in [0.25, 0.3) is 22.5 Å². The van der Waals surface area contributed by atoms with Crippen LogP contribution in [-0.4, -0.2) is 9.78 Å². The molecule has 0 aliphatic rings. The van der Waals surface area contributed by atoms with Gasteiger partial charge in [-0.25, -0.2) is 0 Å². The highest BCUT2D eigenvalue weighted by Gasteiger charge is 2.18. The molecular formula is C22H26N2. The molecule has 0 radical (unpaired) electrons. The SMILES string of the molecule is CCn1nc(-c2ccccc2)c(C)c1-c1ccc(C(C)(C)C)cc1. The lowest BCUT2D eigenvalue weighted by atomic mass is 9.86. The average Bonchev–Trinajstić information content (AvgIpc) is 2.91. The minimum Gasteiger partial charge on any atom is -0.264 e. The Morgan fingerprint density at radius 3 is 2.04 bits per heavy atom. The van der Waals surface area contributed by atoms with Gasteiger partial charge >= 0.3 is 0 Å². The fraction of sp³-hybridized carbons (Fsp3) is 0.318. The average molecular weight is 318 g/mol. The Labute approximate surface area is 145 Å². The lowest BCUT2D eigenvalue weighted by Gasteiger charge is -2.19. The van der Waals surface area contributed by atoms with Crippen LogP contribution in [0.4, 0.5) is 0 Å². The summed E-state index contributed by atoms with van der Waals surface area (Å²) in [6.07, 6.45) is 0. The zero-order chi connectivity index (χ0) is 17.3. The van der Waals surface area contributed by atoms with Crippen molar-refractivity contribution in [3.05, 3.63) is 65.7 Å². The third-order valence-electron chi connectivity index (χ3n) is 4.56. The maximum atomic E-state index is 4.86. The summed E-state index contributed by atoms with van der Waals surface area (Å²) in [4.78, 5) is 0. The second-order valence-electron chi connectivity index (χ2n) is 7.33. The van der Waals surface area contributed by atoms with E-state index in [1.165, 1.54) is 27.9 Å². The number of aryl methyl sites for hydroxylation is 1. The molecule has 0 spiro atoms. The number of hydrogen-bond donors (Lipinski definition) is 0. The molecule has 1 heterocycles. The summed E-state index contributed by atoms with van der Waals surface area (Å²) in [6.45, 7) is 11.9. The smallest absolute Gasteiger partial charge is 0.0958 e. The summed E-state index contributed by atoms with van der Waals surface area (Å²) in [5, 5.41) is 4.86. The van der Waals surface area contributed by atoms with Gasteiger partial charge in [-0.3, -0.25) is 4.68 Å². The maximum absolute atomic E-state index is 4.86. The Balaban J connectivity index is 2.10. The van der Waals surface area contributed by atoms with Crippen molar-refractivity contribution in [2.24, 2.45) is 0 Å². The molecule has 2 nitrogen and oxygen atoms in total. The van der Waals surface area contributed by atoms with E-state index in [4.69, 9.17) is 5.10 Å². The lowest BCUT2D eigenvalue weighted by molar-refractivity contribution is 0.590. The second kappa shape index (κ2) is 6.27. The van der Waals surface area contributed by atoms with Crippen LogP contribution in [0, 0.1) is 6.92 Å². The van der Waals surface area contributed by atoms with Crippen LogP contribution >= 0.6 is 0 Å². The van der Waals surface area contributed by atoms with Gasteiger partial charge in [-0.05, 0) is 24.8 Å². The van der Waals surface area contributed by atoms with Crippen molar-refractivity contribution in [2.45, 2.75) is 46.6 Å². The zero-order valence-corrected chi connectivity index (χ0v) is 15.3. The van der Waals surface area contributed by atoms with Gasteiger partial charge in [-0.1, -0.05) is 75.4 Å². The fourth-order valence-corrected chi connectivity index (χ4v) is 3.14. The third-order valence-corrected chi connectivity index (χ3v) is 4.56. The van der Waals surface area contributed by atoms with Crippen LogP contribution in [0.15, 0.2) is 54.6 Å². The molecule has 0 aliphatic heterocycles. The summed E-state index contributed by atoms with van der Waals surface area (Å²) < 4.78 is 2.11. The van der Waals surface area contributed by atoms with E-state index in [1.807, 2.05) is 6.07 Å². The predicted octanol–water partition coefficient (Wildman–Crippen LogP) is 5.84. The van der Waals surface area contributed by atoms with Gasteiger partial charge < -0.3 is 0 Å². The molecule has 0 atom stereocenters. The summed E-state index contributed by atoms with van der Waals surface area (Å²) >= 11 is 0. The van der Waals surface area contributed by atoms with E-state index in [9.17, 15) is 0 Å². The molecule has 0 saturated carbocycles. The van der Waals surface area contributed by atoms with E-state index >= 15 is 0 Å². The van der Waals surface area contributed by atoms with E-state index in [-0.39, 0.29) is 5.41 Å². The Morgan fingerprint density at radius 1 is 0.875 bits per heavy atom. The highest BCUT2D eigenvalue weighted by Crippen LogP contribution is 2.33. The predicted molar refractivity (Wildman–Crippen MR) is 102 cm³/mol.